The number of pyridine rings is 1. The Hall–Kier alpha value is -3.80. The number of aromatic nitrogens is 3. The average molecular weight is 384 g/mol. The Bertz CT molecular complexity index is 1150. The van der Waals surface area contributed by atoms with Crippen molar-refractivity contribution in [3.05, 3.63) is 107 Å². The summed E-state index contributed by atoms with van der Waals surface area (Å²) < 4.78 is 1.35. The fourth-order valence-electron chi connectivity index (χ4n) is 3.39. The van der Waals surface area contributed by atoms with E-state index in [0.717, 1.165) is 11.3 Å². The molecule has 1 unspecified atom stereocenters. The Morgan fingerprint density at radius 2 is 1.69 bits per heavy atom. The van der Waals surface area contributed by atoms with Crippen LogP contribution in [-0.4, -0.2) is 32.4 Å². The van der Waals surface area contributed by atoms with Gasteiger partial charge in [-0.2, -0.15) is 0 Å². The summed E-state index contributed by atoms with van der Waals surface area (Å²) in [5, 5.41) is 0.495. The highest BCUT2D eigenvalue weighted by atomic mass is 16.2. The van der Waals surface area contributed by atoms with Gasteiger partial charge in [0.2, 0.25) is 5.91 Å². The van der Waals surface area contributed by atoms with Crippen molar-refractivity contribution >= 4 is 16.8 Å². The van der Waals surface area contributed by atoms with Crippen LogP contribution in [-0.2, 0) is 11.3 Å². The fourth-order valence-corrected chi connectivity index (χ4v) is 3.39. The number of para-hydroxylation sites is 1. The number of nitrogens with zero attached hydrogens (tertiary/aromatic N) is 4. The third-order valence-corrected chi connectivity index (χ3v) is 4.90. The summed E-state index contributed by atoms with van der Waals surface area (Å²) in [5.41, 5.74) is 2.10. The third-order valence-electron chi connectivity index (χ3n) is 4.90. The van der Waals surface area contributed by atoms with Crippen LogP contribution in [0.3, 0.4) is 0 Å². The highest BCUT2D eigenvalue weighted by Crippen LogP contribution is 2.26. The molecule has 0 bridgehead atoms. The molecule has 1 atom stereocenters. The smallest absolute Gasteiger partial charge is 0.261 e. The Balaban J connectivity index is 1.66. The summed E-state index contributed by atoms with van der Waals surface area (Å²) in [6.07, 6.45) is 3.13. The van der Waals surface area contributed by atoms with Crippen LogP contribution in [0.5, 0.6) is 0 Å². The van der Waals surface area contributed by atoms with Gasteiger partial charge in [-0.05, 0) is 29.8 Å². The molecule has 4 rings (SSSR count). The number of likely N-dealkylation sites (N-methyl/N-ethyl adjacent to an activating group) is 1. The van der Waals surface area contributed by atoms with Crippen LogP contribution < -0.4 is 5.56 Å². The second-order valence-corrected chi connectivity index (χ2v) is 6.77. The van der Waals surface area contributed by atoms with Crippen molar-refractivity contribution in [3.8, 4) is 0 Å². The minimum Gasteiger partial charge on any atom is -0.331 e. The third kappa shape index (κ3) is 3.78. The number of hydrogen-bond donors (Lipinski definition) is 0. The Kier molecular flexibility index (Phi) is 5.16. The Labute approximate surface area is 168 Å². The van der Waals surface area contributed by atoms with E-state index in [1.807, 2.05) is 54.6 Å². The lowest BCUT2D eigenvalue weighted by molar-refractivity contribution is -0.132. The van der Waals surface area contributed by atoms with Crippen molar-refractivity contribution in [2.24, 2.45) is 0 Å². The SMILES string of the molecule is CN(C(=O)Cn1cnc2ccccc2c1=O)C(c1ccccc1)c1ccccn1. The lowest BCUT2D eigenvalue weighted by Crippen LogP contribution is -2.37. The molecule has 144 valence electrons. The Morgan fingerprint density at radius 1 is 0.966 bits per heavy atom. The lowest BCUT2D eigenvalue weighted by atomic mass is 10.0. The van der Waals surface area contributed by atoms with Crippen LogP contribution >= 0.6 is 0 Å². The number of benzene rings is 2. The van der Waals surface area contributed by atoms with Gasteiger partial charge in [-0.25, -0.2) is 4.98 Å². The summed E-state index contributed by atoms with van der Waals surface area (Å²) in [7, 11) is 1.73. The van der Waals surface area contributed by atoms with Crippen LogP contribution in [0.1, 0.15) is 17.3 Å². The van der Waals surface area contributed by atoms with E-state index in [1.54, 1.807) is 36.3 Å². The second kappa shape index (κ2) is 8.06. The predicted molar refractivity (Wildman–Crippen MR) is 111 cm³/mol. The van der Waals surface area contributed by atoms with E-state index < -0.39 is 0 Å². The van der Waals surface area contributed by atoms with Gasteiger partial charge in [-0.15, -0.1) is 0 Å². The van der Waals surface area contributed by atoms with Crippen molar-refractivity contribution in [2.75, 3.05) is 7.05 Å². The summed E-state index contributed by atoms with van der Waals surface area (Å²) in [5.74, 6) is -0.205. The molecule has 2 aromatic carbocycles. The summed E-state index contributed by atoms with van der Waals surface area (Å²) in [6, 6.07) is 22.1. The molecule has 2 aromatic heterocycles. The van der Waals surface area contributed by atoms with Crippen LogP contribution in [0.4, 0.5) is 0 Å². The molecule has 6 nitrogen and oxygen atoms in total. The summed E-state index contributed by atoms with van der Waals surface area (Å²) in [4.78, 5) is 36.2. The molecule has 0 saturated carbocycles. The molecule has 29 heavy (non-hydrogen) atoms. The van der Waals surface area contributed by atoms with E-state index in [9.17, 15) is 9.59 Å². The highest BCUT2D eigenvalue weighted by Gasteiger charge is 2.25. The Morgan fingerprint density at radius 3 is 2.45 bits per heavy atom. The highest BCUT2D eigenvalue weighted by molar-refractivity contribution is 5.79. The van der Waals surface area contributed by atoms with Crippen LogP contribution in [0, 0.1) is 0 Å². The largest absolute Gasteiger partial charge is 0.331 e. The van der Waals surface area contributed by atoms with Crippen LogP contribution in [0.2, 0.25) is 0 Å². The first-order valence-corrected chi connectivity index (χ1v) is 9.31. The molecule has 0 spiro atoms. The zero-order chi connectivity index (χ0) is 20.2. The van der Waals surface area contributed by atoms with Gasteiger partial charge in [0.15, 0.2) is 0 Å². The number of hydrogen-bond acceptors (Lipinski definition) is 4. The molecular weight excluding hydrogens is 364 g/mol. The molecule has 0 radical (unpaired) electrons. The van der Waals surface area contributed by atoms with Gasteiger partial charge in [0, 0.05) is 13.2 Å². The first-order valence-electron chi connectivity index (χ1n) is 9.31. The van der Waals surface area contributed by atoms with Gasteiger partial charge in [0.25, 0.3) is 5.56 Å². The van der Waals surface area contributed by atoms with Gasteiger partial charge in [0.1, 0.15) is 6.54 Å². The molecule has 0 aliphatic carbocycles. The van der Waals surface area contributed by atoms with E-state index in [4.69, 9.17) is 0 Å². The molecular formula is C23H20N4O2. The zero-order valence-electron chi connectivity index (χ0n) is 16.0. The van der Waals surface area contributed by atoms with Gasteiger partial charge < -0.3 is 4.90 Å². The number of carbonyl (C=O) groups is 1. The normalized spacial score (nSPS) is 11.9. The first kappa shape index (κ1) is 18.6. The van der Waals surface area contributed by atoms with Gasteiger partial charge >= 0.3 is 0 Å². The van der Waals surface area contributed by atoms with E-state index in [2.05, 4.69) is 9.97 Å². The number of fused-ring (bicyclic) bond motifs is 1. The summed E-state index contributed by atoms with van der Waals surface area (Å²) in [6.45, 7) is -0.0939. The topological polar surface area (TPSA) is 68.1 Å². The predicted octanol–water partition coefficient (Wildman–Crippen LogP) is 3.04. The van der Waals surface area contributed by atoms with Crippen LogP contribution in [0.25, 0.3) is 10.9 Å². The molecule has 4 aromatic rings. The minimum absolute atomic E-state index is 0.0939. The lowest BCUT2D eigenvalue weighted by Gasteiger charge is -2.28. The molecule has 2 heterocycles. The van der Waals surface area contributed by atoms with Gasteiger partial charge in [-0.3, -0.25) is 19.1 Å². The average Bonchev–Trinajstić information content (AvgIpc) is 2.77. The number of carbonyl (C=O) groups excluding carboxylic acids is 1. The zero-order valence-corrected chi connectivity index (χ0v) is 16.0. The second-order valence-electron chi connectivity index (χ2n) is 6.77. The molecule has 0 aliphatic rings. The first-order chi connectivity index (χ1) is 14.1. The number of amides is 1. The van der Waals surface area contributed by atoms with Crippen molar-refractivity contribution in [1.82, 2.24) is 19.4 Å². The standard InChI is InChI=1S/C23H20N4O2/c1-26(22(17-9-3-2-4-10-17)20-13-7-8-14-24-20)21(28)15-27-16-25-19-12-6-5-11-18(19)23(27)29/h2-14,16,22H,15H2,1H3. The molecule has 0 aliphatic heterocycles. The summed E-state index contributed by atoms with van der Waals surface area (Å²) >= 11 is 0. The molecule has 0 N–H and O–H groups in total. The number of rotatable bonds is 5. The van der Waals surface area contributed by atoms with E-state index in [0.29, 0.717) is 10.9 Å². The van der Waals surface area contributed by atoms with E-state index >= 15 is 0 Å². The van der Waals surface area contributed by atoms with Crippen molar-refractivity contribution < 1.29 is 4.79 Å². The van der Waals surface area contributed by atoms with E-state index in [1.165, 1.54) is 10.9 Å². The van der Waals surface area contributed by atoms with E-state index in [-0.39, 0.29) is 24.1 Å². The van der Waals surface area contributed by atoms with Crippen molar-refractivity contribution in [3.63, 3.8) is 0 Å². The maximum atomic E-state index is 13.1. The monoisotopic (exact) mass is 384 g/mol. The van der Waals surface area contributed by atoms with Gasteiger partial charge in [0.05, 0.1) is 29.0 Å². The quantitative estimate of drug-likeness (QED) is 0.530. The minimum atomic E-state index is -0.353. The maximum absolute atomic E-state index is 13.1. The van der Waals surface area contributed by atoms with Crippen LogP contribution in [0.15, 0.2) is 90.1 Å². The molecule has 0 saturated heterocycles. The van der Waals surface area contributed by atoms with Crippen molar-refractivity contribution in [2.45, 2.75) is 12.6 Å². The molecule has 6 heteroatoms. The molecule has 1 amide bonds. The van der Waals surface area contributed by atoms with Gasteiger partial charge in [-0.1, -0.05) is 48.5 Å². The maximum Gasteiger partial charge on any atom is 0.261 e. The fraction of sp³-hybridized carbons (Fsp3) is 0.130. The molecule has 0 fully saturated rings. The van der Waals surface area contributed by atoms with Crippen molar-refractivity contribution in [1.29, 1.82) is 0 Å².